The lowest BCUT2D eigenvalue weighted by Crippen LogP contribution is -2.30. The third-order valence-electron chi connectivity index (χ3n) is 2.04. The number of rotatable bonds is 0. The van der Waals surface area contributed by atoms with Crippen LogP contribution in [0.2, 0.25) is 0 Å². The van der Waals surface area contributed by atoms with Gasteiger partial charge in [-0.2, -0.15) is 0 Å². The summed E-state index contributed by atoms with van der Waals surface area (Å²) >= 11 is 0. The fourth-order valence-electron chi connectivity index (χ4n) is 1.28. The average molecular weight is 128 g/mol. The highest BCUT2D eigenvalue weighted by atomic mass is 16.3. The SMILES string of the molecule is CC1CCC(C)(O)C1=O. The van der Waals surface area contributed by atoms with Crippen LogP contribution in [0.5, 0.6) is 0 Å². The van der Waals surface area contributed by atoms with E-state index < -0.39 is 5.60 Å². The van der Waals surface area contributed by atoms with Gasteiger partial charge in [-0.05, 0) is 19.8 Å². The molecule has 1 N–H and O–H groups in total. The largest absolute Gasteiger partial charge is 0.382 e. The Morgan fingerprint density at radius 2 is 2.33 bits per heavy atom. The number of ketones is 1. The number of hydrogen-bond acceptors (Lipinski definition) is 2. The van der Waals surface area contributed by atoms with Crippen molar-refractivity contribution in [2.24, 2.45) is 5.92 Å². The summed E-state index contributed by atoms with van der Waals surface area (Å²) in [6, 6.07) is 0. The molecular weight excluding hydrogens is 116 g/mol. The normalized spacial score (nSPS) is 43.9. The van der Waals surface area contributed by atoms with Gasteiger partial charge in [-0.1, -0.05) is 6.92 Å². The molecule has 1 aliphatic rings. The highest BCUT2D eigenvalue weighted by Crippen LogP contribution is 2.29. The molecule has 0 aromatic rings. The smallest absolute Gasteiger partial charge is 0.166 e. The number of carbonyl (C=O) groups excluding carboxylic acids is 1. The Kier molecular flexibility index (Phi) is 1.35. The summed E-state index contributed by atoms with van der Waals surface area (Å²) in [6.07, 6.45) is 1.47. The van der Waals surface area contributed by atoms with E-state index >= 15 is 0 Å². The van der Waals surface area contributed by atoms with E-state index in [4.69, 9.17) is 0 Å². The van der Waals surface area contributed by atoms with Gasteiger partial charge in [0.25, 0.3) is 0 Å². The Labute approximate surface area is 54.9 Å². The molecule has 0 radical (unpaired) electrons. The van der Waals surface area contributed by atoms with Crippen LogP contribution in [-0.2, 0) is 4.79 Å². The first-order chi connectivity index (χ1) is 4.04. The molecule has 2 heteroatoms. The molecule has 0 saturated heterocycles. The van der Waals surface area contributed by atoms with Crippen molar-refractivity contribution >= 4 is 5.78 Å². The van der Waals surface area contributed by atoms with Crippen molar-refractivity contribution in [3.63, 3.8) is 0 Å². The highest BCUT2D eigenvalue weighted by Gasteiger charge is 2.39. The van der Waals surface area contributed by atoms with Crippen LogP contribution < -0.4 is 0 Å². The minimum atomic E-state index is -1.01. The van der Waals surface area contributed by atoms with Gasteiger partial charge < -0.3 is 5.11 Å². The highest BCUT2D eigenvalue weighted by molar-refractivity contribution is 5.90. The van der Waals surface area contributed by atoms with Crippen molar-refractivity contribution in [3.05, 3.63) is 0 Å². The minimum Gasteiger partial charge on any atom is -0.382 e. The van der Waals surface area contributed by atoms with E-state index in [-0.39, 0.29) is 11.7 Å². The standard InChI is InChI=1S/C7H12O2/c1-5-3-4-7(2,9)6(5)8/h5,9H,3-4H2,1-2H3. The number of aliphatic hydroxyl groups is 1. The van der Waals surface area contributed by atoms with Gasteiger partial charge in [-0.3, -0.25) is 4.79 Å². The van der Waals surface area contributed by atoms with Crippen LogP contribution >= 0.6 is 0 Å². The van der Waals surface area contributed by atoms with Gasteiger partial charge >= 0.3 is 0 Å². The summed E-state index contributed by atoms with van der Waals surface area (Å²) in [7, 11) is 0. The topological polar surface area (TPSA) is 37.3 Å². The molecule has 1 rings (SSSR count). The Hall–Kier alpha value is -0.370. The zero-order valence-electron chi connectivity index (χ0n) is 5.85. The van der Waals surface area contributed by atoms with E-state index in [1.807, 2.05) is 6.92 Å². The van der Waals surface area contributed by atoms with E-state index in [0.717, 1.165) is 6.42 Å². The minimum absolute atomic E-state index is 0.00231. The van der Waals surface area contributed by atoms with Crippen LogP contribution in [0.4, 0.5) is 0 Å². The summed E-state index contributed by atoms with van der Waals surface area (Å²) in [6.45, 7) is 3.46. The van der Waals surface area contributed by atoms with E-state index in [9.17, 15) is 9.90 Å². The molecule has 2 atom stereocenters. The summed E-state index contributed by atoms with van der Waals surface area (Å²) in [5.41, 5.74) is -1.01. The van der Waals surface area contributed by atoms with E-state index in [1.54, 1.807) is 6.92 Å². The Balaban J connectivity index is 2.74. The van der Waals surface area contributed by atoms with E-state index in [0.29, 0.717) is 6.42 Å². The molecule has 52 valence electrons. The maximum Gasteiger partial charge on any atom is 0.166 e. The van der Waals surface area contributed by atoms with Gasteiger partial charge in [0.2, 0.25) is 0 Å². The van der Waals surface area contributed by atoms with Gasteiger partial charge in [0.15, 0.2) is 5.78 Å². The average Bonchev–Trinajstić information content (AvgIpc) is 1.97. The van der Waals surface area contributed by atoms with Crippen molar-refractivity contribution in [3.8, 4) is 0 Å². The molecule has 0 heterocycles. The molecule has 1 aliphatic carbocycles. The lowest BCUT2D eigenvalue weighted by molar-refractivity contribution is -0.134. The first kappa shape index (κ1) is 6.75. The molecule has 0 aliphatic heterocycles. The monoisotopic (exact) mass is 128 g/mol. The summed E-state index contributed by atoms with van der Waals surface area (Å²) in [5.74, 6) is 0.0718. The lowest BCUT2D eigenvalue weighted by atomic mass is 10.0. The summed E-state index contributed by atoms with van der Waals surface area (Å²) in [4.78, 5) is 11.0. The molecule has 2 unspecified atom stereocenters. The van der Waals surface area contributed by atoms with Crippen LogP contribution in [0.3, 0.4) is 0 Å². The second-order valence-electron chi connectivity index (χ2n) is 3.08. The summed E-state index contributed by atoms with van der Waals surface area (Å²) in [5, 5.41) is 9.28. The van der Waals surface area contributed by atoms with Crippen LogP contribution in [0.25, 0.3) is 0 Å². The Bertz CT molecular complexity index is 138. The lowest BCUT2D eigenvalue weighted by Gasteiger charge is -2.12. The fourth-order valence-corrected chi connectivity index (χ4v) is 1.28. The van der Waals surface area contributed by atoms with Crippen molar-refractivity contribution in [1.29, 1.82) is 0 Å². The van der Waals surface area contributed by atoms with Crippen LogP contribution in [0.15, 0.2) is 0 Å². The van der Waals surface area contributed by atoms with Gasteiger partial charge in [0.1, 0.15) is 5.60 Å². The van der Waals surface area contributed by atoms with Gasteiger partial charge in [-0.25, -0.2) is 0 Å². The second-order valence-corrected chi connectivity index (χ2v) is 3.08. The Morgan fingerprint density at radius 1 is 1.78 bits per heavy atom. The first-order valence-electron chi connectivity index (χ1n) is 3.31. The van der Waals surface area contributed by atoms with E-state index in [1.165, 1.54) is 0 Å². The van der Waals surface area contributed by atoms with Crippen LogP contribution in [0, 0.1) is 5.92 Å². The molecule has 1 saturated carbocycles. The van der Waals surface area contributed by atoms with Gasteiger partial charge in [0, 0.05) is 5.92 Å². The predicted octanol–water partition coefficient (Wildman–Crippen LogP) is 0.736. The van der Waals surface area contributed by atoms with Gasteiger partial charge in [0.05, 0.1) is 0 Å². The predicted molar refractivity (Wildman–Crippen MR) is 34.0 cm³/mol. The molecule has 2 nitrogen and oxygen atoms in total. The quantitative estimate of drug-likeness (QED) is 0.522. The zero-order valence-corrected chi connectivity index (χ0v) is 5.85. The van der Waals surface area contributed by atoms with Crippen molar-refractivity contribution in [2.75, 3.05) is 0 Å². The molecule has 0 spiro atoms. The molecule has 0 amide bonds. The number of carbonyl (C=O) groups is 1. The molecule has 0 aromatic heterocycles. The third kappa shape index (κ3) is 0.990. The van der Waals surface area contributed by atoms with E-state index in [2.05, 4.69) is 0 Å². The van der Waals surface area contributed by atoms with Crippen molar-refractivity contribution in [1.82, 2.24) is 0 Å². The molecule has 1 fully saturated rings. The third-order valence-corrected chi connectivity index (χ3v) is 2.04. The van der Waals surface area contributed by atoms with Crippen LogP contribution in [-0.4, -0.2) is 16.5 Å². The summed E-state index contributed by atoms with van der Waals surface area (Å²) < 4.78 is 0. The molecule has 0 bridgehead atoms. The maximum absolute atomic E-state index is 11.0. The van der Waals surface area contributed by atoms with Crippen molar-refractivity contribution < 1.29 is 9.90 Å². The van der Waals surface area contributed by atoms with Gasteiger partial charge in [-0.15, -0.1) is 0 Å². The second kappa shape index (κ2) is 1.81. The van der Waals surface area contributed by atoms with Crippen molar-refractivity contribution in [2.45, 2.75) is 32.3 Å². The first-order valence-corrected chi connectivity index (χ1v) is 3.31. The Morgan fingerprint density at radius 3 is 2.44 bits per heavy atom. The molecular formula is C7H12O2. The van der Waals surface area contributed by atoms with Crippen LogP contribution in [0.1, 0.15) is 26.7 Å². The maximum atomic E-state index is 11.0. The number of Topliss-reactive ketones (excluding diaryl/α,β-unsaturated/α-hetero) is 1. The number of hydrogen-bond donors (Lipinski definition) is 1. The molecule has 0 aromatic carbocycles. The zero-order chi connectivity index (χ0) is 7.07. The fraction of sp³-hybridized carbons (Fsp3) is 0.857. The molecule has 9 heavy (non-hydrogen) atoms.